The summed E-state index contributed by atoms with van der Waals surface area (Å²) in [4.78, 5) is 31.9. The summed E-state index contributed by atoms with van der Waals surface area (Å²) in [6, 6.07) is 15.5. The molecule has 0 bridgehead atoms. The number of nitriles is 1. The SMILES string of the molecule is CCC1(c2cccc(Oc3cc(Cn4c(CCNC(=O)OC(C)(C)C)cnc4C)ccc3C#N)c2)CCCCN(C)C1=O. The highest BCUT2D eigenvalue weighted by atomic mass is 16.6. The summed E-state index contributed by atoms with van der Waals surface area (Å²) in [6.07, 6.45) is 5.44. The van der Waals surface area contributed by atoms with Crippen molar-refractivity contribution in [2.24, 2.45) is 0 Å². The minimum absolute atomic E-state index is 0.150. The summed E-state index contributed by atoms with van der Waals surface area (Å²) >= 11 is 0. The van der Waals surface area contributed by atoms with E-state index in [1.54, 1.807) is 6.07 Å². The number of ether oxygens (including phenoxy) is 2. The molecule has 1 aromatic heterocycles. The second-order valence-electron chi connectivity index (χ2n) is 12.3. The van der Waals surface area contributed by atoms with Crippen LogP contribution < -0.4 is 10.1 Å². The third-order valence-corrected chi connectivity index (χ3v) is 8.02. The van der Waals surface area contributed by atoms with Gasteiger partial charge in [-0.05, 0) is 82.3 Å². The number of benzene rings is 2. The molecule has 1 unspecified atom stereocenters. The number of aryl methyl sites for hydroxylation is 1. The molecule has 1 atom stereocenters. The van der Waals surface area contributed by atoms with E-state index >= 15 is 0 Å². The van der Waals surface area contributed by atoms with E-state index in [2.05, 4.69) is 27.9 Å². The van der Waals surface area contributed by atoms with Crippen LogP contribution in [0.3, 0.4) is 0 Å². The minimum atomic E-state index is -0.585. The van der Waals surface area contributed by atoms with Crippen molar-refractivity contribution in [3.8, 4) is 17.6 Å². The maximum Gasteiger partial charge on any atom is 0.407 e. The lowest BCUT2D eigenvalue weighted by Crippen LogP contribution is -2.43. The molecule has 3 aromatic rings. The van der Waals surface area contributed by atoms with Gasteiger partial charge in [-0.25, -0.2) is 9.78 Å². The minimum Gasteiger partial charge on any atom is -0.456 e. The van der Waals surface area contributed by atoms with E-state index < -0.39 is 17.1 Å². The lowest BCUT2D eigenvalue weighted by atomic mass is 9.73. The number of likely N-dealkylation sites (N-methyl/N-ethyl adjacent to an activating group) is 1. The number of nitrogens with zero attached hydrogens (tertiary/aromatic N) is 4. The van der Waals surface area contributed by atoms with E-state index in [0.29, 0.717) is 43.0 Å². The third kappa shape index (κ3) is 7.56. The van der Waals surface area contributed by atoms with E-state index in [4.69, 9.17) is 9.47 Å². The fraction of sp³-hybridized carbons (Fsp3) is 0.471. The van der Waals surface area contributed by atoms with Gasteiger partial charge in [-0.3, -0.25) is 4.79 Å². The van der Waals surface area contributed by atoms with Crippen molar-refractivity contribution in [3.05, 3.63) is 76.9 Å². The average molecular weight is 586 g/mol. The molecular weight excluding hydrogens is 542 g/mol. The largest absolute Gasteiger partial charge is 0.456 e. The Morgan fingerprint density at radius 2 is 1.98 bits per heavy atom. The highest BCUT2D eigenvalue weighted by Crippen LogP contribution is 2.39. The molecule has 9 nitrogen and oxygen atoms in total. The van der Waals surface area contributed by atoms with Crippen LogP contribution in [0, 0.1) is 18.3 Å². The number of likely N-dealkylation sites (tertiary alicyclic amines) is 1. The zero-order valence-corrected chi connectivity index (χ0v) is 26.2. The second kappa shape index (κ2) is 13.3. The number of carbonyl (C=O) groups excluding carboxylic acids is 2. The smallest absolute Gasteiger partial charge is 0.407 e. The number of hydrogen-bond acceptors (Lipinski definition) is 6. The molecule has 228 valence electrons. The van der Waals surface area contributed by atoms with E-state index in [1.807, 2.05) is 82.2 Å². The van der Waals surface area contributed by atoms with Crippen LogP contribution in [0.4, 0.5) is 4.79 Å². The first-order chi connectivity index (χ1) is 20.5. The summed E-state index contributed by atoms with van der Waals surface area (Å²) in [5.41, 5.74) is 2.14. The van der Waals surface area contributed by atoms with Crippen LogP contribution in [0.2, 0.25) is 0 Å². The lowest BCUT2D eigenvalue weighted by Gasteiger charge is -2.33. The van der Waals surface area contributed by atoms with Gasteiger partial charge >= 0.3 is 6.09 Å². The molecule has 0 aliphatic carbocycles. The van der Waals surface area contributed by atoms with Gasteiger partial charge in [-0.1, -0.05) is 31.5 Å². The predicted octanol–water partition coefficient (Wildman–Crippen LogP) is 6.26. The Labute approximate surface area is 254 Å². The molecule has 0 saturated carbocycles. The number of nitrogens with one attached hydrogen (secondary N) is 1. The molecule has 9 heteroatoms. The molecule has 43 heavy (non-hydrogen) atoms. The first-order valence-electron chi connectivity index (χ1n) is 15.0. The van der Waals surface area contributed by atoms with Gasteiger partial charge in [0.05, 0.1) is 11.0 Å². The number of rotatable bonds is 9. The number of carbonyl (C=O) groups is 2. The van der Waals surface area contributed by atoms with Crippen molar-refractivity contribution >= 4 is 12.0 Å². The lowest BCUT2D eigenvalue weighted by molar-refractivity contribution is -0.135. The number of hydrogen-bond donors (Lipinski definition) is 1. The van der Waals surface area contributed by atoms with Crippen molar-refractivity contribution in [2.75, 3.05) is 20.1 Å². The van der Waals surface area contributed by atoms with Crippen LogP contribution in [0.15, 0.2) is 48.7 Å². The molecule has 2 amide bonds. The van der Waals surface area contributed by atoms with Crippen LogP contribution in [-0.2, 0) is 27.9 Å². The van der Waals surface area contributed by atoms with E-state index in [9.17, 15) is 14.9 Å². The zero-order chi connectivity index (χ0) is 31.2. The highest BCUT2D eigenvalue weighted by molar-refractivity contribution is 5.88. The Morgan fingerprint density at radius 1 is 1.19 bits per heavy atom. The number of alkyl carbamates (subject to hydrolysis) is 1. The quantitative estimate of drug-likeness (QED) is 0.317. The van der Waals surface area contributed by atoms with E-state index in [1.165, 1.54) is 0 Å². The fourth-order valence-corrected chi connectivity index (χ4v) is 5.70. The van der Waals surface area contributed by atoms with Gasteiger partial charge in [-0.15, -0.1) is 0 Å². The third-order valence-electron chi connectivity index (χ3n) is 8.02. The average Bonchev–Trinajstić information content (AvgIpc) is 3.22. The molecule has 0 radical (unpaired) electrons. The maximum absolute atomic E-state index is 13.5. The van der Waals surface area contributed by atoms with Crippen LogP contribution in [-0.4, -0.2) is 52.2 Å². The van der Waals surface area contributed by atoms with Crippen molar-refractivity contribution in [1.29, 1.82) is 5.26 Å². The van der Waals surface area contributed by atoms with Crippen LogP contribution in [0.5, 0.6) is 11.5 Å². The van der Waals surface area contributed by atoms with Gasteiger partial charge in [0, 0.05) is 45.0 Å². The highest BCUT2D eigenvalue weighted by Gasteiger charge is 2.41. The molecule has 1 aliphatic rings. The molecule has 4 rings (SSSR count). The van der Waals surface area contributed by atoms with Gasteiger partial charge in [0.25, 0.3) is 0 Å². The number of aromatic nitrogens is 2. The Morgan fingerprint density at radius 3 is 2.70 bits per heavy atom. The Bertz CT molecular complexity index is 1500. The Balaban J connectivity index is 1.53. The molecule has 1 N–H and O–H groups in total. The molecule has 1 aliphatic heterocycles. The molecule has 2 aromatic carbocycles. The number of amides is 2. The first-order valence-corrected chi connectivity index (χ1v) is 15.0. The van der Waals surface area contributed by atoms with Crippen LogP contribution in [0.25, 0.3) is 0 Å². The van der Waals surface area contributed by atoms with Gasteiger partial charge in [0.1, 0.15) is 29.0 Å². The Hall–Kier alpha value is -4.32. The molecular formula is C34H43N5O4. The standard InChI is InChI=1S/C34H43N5O4/c1-7-34(16-8-9-18-38(6)31(34)40)27-11-10-12-29(20-27)42-30-19-25(13-14-26(30)21-35)23-39-24(2)37-22-28(39)15-17-36-32(41)43-33(3,4)5/h10-14,19-20,22H,7-9,15-18,23H2,1-6H3,(H,36,41). The summed E-state index contributed by atoms with van der Waals surface area (Å²) in [7, 11) is 1.88. The van der Waals surface area contributed by atoms with Gasteiger partial charge < -0.3 is 24.3 Å². The van der Waals surface area contributed by atoms with E-state index in [0.717, 1.165) is 48.5 Å². The molecule has 1 saturated heterocycles. The number of imidazole rings is 1. The maximum atomic E-state index is 13.5. The van der Waals surface area contributed by atoms with Crippen LogP contribution in [0.1, 0.15) is 81.6 Å². The molecule has 1 fully saturated rings. The van der Waals surface area contributed by atoms with Crippen molar-refractivity contribution in [1.82, 2.24) is 19.8 Å². The van der Waals surface area contributed by atoms with Crippen molar-refractivity contribution in [3.63, 3.8) is 0 Å². The van der Waals surface area contributed by atoms with E-state index in [-0.39, 0.29) is 5.91 Å². The predicted molar refractivity (Wildman–Crippen MR) is 165 cm³/mol. The van der Waals surface area contributed by atoms with Gasteiger partial charge in [-0.2, -0.15) is 5.26 Å². The van der Waals surface area contributed by atoms with Crippen molar-refractivity contribution in [2.45, 2.75) is 84.3 Å². The monoisotopic (exact) mass is 585 g/mol. The second-order valence-corrected chi connectivity index (χ2v) is 12.3. The fourth-order valence-electron chi connectivity index (χ4n) is 5.70. The summed E-state index contributed by atoms with van der Waals surface area (Å²) in [5, 5.41) is 12.6. The summed E-state index contributed by atoms with van der Waals surface area (Å²) in [6.45, 7) is 11.2. The summed E-state index contributed by atoms with van der Waals surface area (Å²) in [5.74, 6) is 2.04. The van der Waals surface area contributed by atoms with Crippen LogP contribution >= 0.6 is 0 Å². The first kappa shape index (κ1) is 31.6. The zero-order valence-electron chi connectivity index (χ0n) is 26.2. The van der Waals surface area contributed by atoms with Crippen molar-refractivity contribution < 1.29 is 19.1 Å². The summed E-state index contributed by atoms with van der Waals surface area (Å²) < 4.78 is 13.7. The van der Waals surface area contributed by atoms with Gasteiger partial charge in [0.2, 0.25) is 5.91 Å². The Kier molecular flexibility index (Phi) is 9.80. The normalized spacial score (nSPS) is 17.2. The topological polar surface area (TPSA) is 109 Å². The van der Waals surface area contributed by atoms with Gasteiger partial charge in [0.15, 0.2) is 0 Å². The molecule has 0 spiro atoms. The molecule has 2 heterocycles.